The van der Waals surface area contributed by atoms with Crippen LogP contribution in [0.25, 0.3) is 0 Å². The van der Waals surface area contributed by atoms with Gasteiger partial charge >= 0.3 is 6.09 Å². The van der Waals surface area contributed by atoms with Crippen LogP contribution in [0.1, 0.15) is 31.1 Å². The van der Waals surface area contributed by atoms with Gasteiger partial charge in [-0.25, -0.2) is 9.18 Å². The van der Waals surface area contributed by atoms with E-state index in [9.17, 15) is 14.0 Å². The van der Waals surface area contributed by atoms with Crippen LogP contribution in [0, 0.1) is 5.82 Å². The Labute approximate surface area is 142 Å². The Morgan fingerprint density at radius 3 is 2.74 bits per heavy atom. The van der Waals surface area contributed by atoms with Gasteiger partial charge in [0.15, 0.2) is 5.78 Å². The van der Waals surface area contributed by atoms with E-state index in [1.165, 1.54) is 23.1 Å². The molecule has 1 heterocycles. The standard InChI is InChI=1S/C16H19BrFNO4/c1-16(2,3)23-15(21)19-6-7-22-9-13(19)14(20)11-8-10(17)4-5-12(11)18/h4-5,8,13H,6-7,9H2,1-3H3. The van der Waals surface area contributed by atoms with Gasteiger partial charge in [-0.3, -0.25) is 9.69 Å². The van der Waals surface area contributed by atoms with Crippen molar-refractivity contribution in [1.82, 2.24) is 4.90 Å². The maximum atomic E-state index is 14.0. The van der Waals surface area contributed by atoms with E-state index in [1.807, 2.05) is 0 Å². The summed E-state index contributed by atoms with van der Waals surface area (Å²) < 4.78 is 25.2. The summed E-state index contributed by atoms with van der Waals surface area (Å²) in [6.07, 6.45) is -0.602. The molecule has 0 saturated carbocycles. The lowest BCUT2D eigenvalue weighted by molar-refractivity contribution is -0.0266. The molecule has 0 radical (unpaired) electrons. The van der Waals surface area contributed by atoms with Gasteiger partial charge in [0.1, 0.15) is 17.5 Å². The minimum absolute atomic E-state index is 0.0179. The Bertz CT molecular complexity index is 615. The second-order valence-corrected chi connectivity index (χ2v) is 7.17. The van der Waals surface area contributed by atoms with Gasteiger partial charge in [0.25, 0.3) is 0 Å². The molecule has 1 aliphatic heterocycles. The van der Waals surface area contributed by atoms with Crippen molar-refractivity contribution in [3.63, 3.8) is 0 Å². The summed E-state index contributed by atoms with van der Waals surface area (Å²) in [5, 5.41) is 0. The molecule has 1 amide bonds. The summed E-state index contributed by atoms with van der Waals surface area (Å²) in [6, 6.07) is 3.22. The van der Waals surface area contributed by atoms with Crippen LogP contribution in [0.4, 0.5) is 9.18 Å². The molecule has 1 saturated heterocycles. The first-order valence-corrected chi connectivity index (χ1v) is 8.05. The fourth-order valence-corrected chi connectivity index (χ4v) is 2.59. The van der Waals surface area contributed by atoms with E-state index in [0.29, 0.717) is 11.1 Å². The molecule has 5 nitrogen and oxygen atoms in total. The predicted octanol–water partition coefficient (Wildman–Crippen LogP) is 3.41. The summed E-state index contributed by atoms with van der Waals surface area (Å²) in [4.78, 5) is 26.3. The highest BCUT2D eigenvalue weighted by Gasteiger charge is 2.36. The summed E-state index contributed by atoms with van der Waals surface area (Å²) in [6.45, 7) is 5.79. The molecule has 7 heteroatoms. The van der Waals surface area contributed by atoms with E-state index in [1.54, 1.807) is 20.8 Å². The fraction of sp³-hybridized carbons (Fsp3) is 0.500. The zero-order chi connectivity index (χ0) is 17.2. The lowest BCUT2D eigenvalue weighted by atomic mass is 10.0. The Kier molecular flexibility index (Phi) is 5.41. The zero-order valence-corrected chi connectivity index (χ0v) is 14.9. The number of benzene rings is 1. The Hall–Kier alpha value is -1.47. The Morgan fingerprint density at radius 1 is 1.39 bits per heavy atom. The second-order valence-electron chi connectivity index (χ2n) is 6.25. The number of morpholine rings is 1. The van der Waals surface area contributed by atoms with Crippen molar-refractivity contribution >= 4 is 27.8 Å². The van der Waals surface area contributed by atoms with E-state index in [4.69, 9.17) is 9.47 Å². The van der Waals surface area contributed by atoms with Crippen LogP contribution in [0.3, 0.4) is 0 Å². The molecular formula is C16H19BrFNO4. The topological polar surface area (TPSA) is 55.8 Å². The first-order chi connectivity index (χ1) is 10.7. The highest BCUT2D eigenvalue weighted by Crippen LogP contribution is 2.21. The van der Waals surface area contributed by atoms with Crippen molar-refractivity contribution in [2.45, 2.75) is 32.4 Å². The minimum atomic E-state index is -0.901. The van der Waals surface area contributed by atoms with E-state index in [2.05, 4.69) is 15.9 Å². The normalized spacial score (nSPS) is 18.7. The second kappa shape index (κ2) is 6.97. The van der Waals surface area contributed by atoms with Crippen LogP contribution in [-0.4, -0.2) is 48.2 Å². The highest BCUT2D eigenvalue weighted by atomic mass is 79.9. The van der Waals surface area contributed by atoms with Gasteiger partial charge in [-0.05, 0) is 39.0 Å². The molecule has 1 fully saturated rings. The quantitative estimate of drug-likeness (QED) is 0.729. The number of hydrogen-bond donors (Lipinski definition) is 0. The van der Waals surface area contributed by atoms with Crippen LogP contribution in [0.15, 0.2) is 22.7 Å². The maximum Gasteiger partial charge on any atom is 0.411 e. The molecule has 0 spiro atoms. The summed E-state index contributed by atoms with van der Waals surface area (Å²) in [7, 11) is 0. The summed E-state index contributed by atoms with van der Waals surface area (Å²) >= 11 is 3.22. The number of carbonyl (C=O) groups excluding carboxylic acids is 2. The fourth-order valence-electron chi connectivity index (χ4n) is 2.23. The van der Waals surface area contributed by atoms with Gasteiger partial charge in [0.2, 0.25) is 0 Å². The van der Waals surface area contributed by atoms with E-state index >= 15 is 0 Å². The Balaban J connectivity index is 2.25. The number of rotatable bonds is 2. The minimum Gasteiger partial charge on any atom is -0.444 e. The third-order valence-electron chi connectivity index (χ3n) is 3.25. The van der Waals surface area contributed by atoms with Crippen LogP contribution in [0.5, 0.6) is 0 Å². The lowest BCUT2D eigenvalue weighted by Crippen LogP contribution is -2.54. The summed E-state index contributed by atoms with van der Waals surface area (Å²) in [5.74, 6) is -1.14. The van der Waals surface area contributed by atoms with Crippen molar-refractivity contribution in [1.29, 1.82) is 0 Å². The molecule has 1 aromatic carbocycles. The molecule has 0 bridgehead atoms. The zero-order valence-electron chi connectivity index (χ0n) is 13.3. The number of ether oxygens (including phenoxy) is 2. The molecule has 23 heavy (non-hydrogen) atoms. The molecular weight excluding hydrogens is 369 g/mol. The molecule has 1 aromatic rings. The number of hydrogen-bond acceptors (Lipinski definition) is 4. The molecule has 1 aliphatic rings. The SMILES string of the molecule is CC(C)(C)OC(=O)N1CCOCC1C(=O)c1cc(Br)ccc1F. The predicted molar refractivity (Wildman–Crippen MR) is 86.0 cm³/mol. The van der Waals surface area contributed by atoms with Crippen molar-refractivity contribution in [2.75, 3.05) is 19.8 Å². The van der Waals surface area contributed by atoms with Crippen LogP contribution in [-0.2, 0) is 9.47 Å². The first-order valence-electron chi connectivity index (χ1n) is 7.25. The average Bonchev–Trinajstić information content (AvgIpc) is 2.47. The van der Waals surface area contributed by atoms with Crippen molar-refractivity contribution in [2.24, 2.45) is 0 Å². The monoisotopic (exact) mass is 387 g/mol. The number of amides is 1. The van der Waals surface area contributed by atoms with Gasteiger partial charge in [0.05, 0.1) is 18.8 Å². The number of Topliss-reactive ketones (excluding diaryl/α,β-unsaturated/α-hetero) is 1. The van der Waals surface area contributed by atoms with Crippen LogP contribution < -0.4 is 0 Å². The van der Waals surface area contributed by atoms with Crippen molar-refractivity contribution in [3.8, 4) is 0 Å². The van der Waals surface area contributed by atoms with Gasteiger partial charge in [0, 0.05) is 11.0 Å². The third-order valence-corrected chi connectivity index (χ3v) is 3.75. The van der Waals surface area contributed by atoms with Crippen molar-refractivity contribution in [3.05, 3.63) is 34.1 Å². The van der Waals surface area contributed by atoms with E-state index in [0.717, 1.165) is 0 Å². The van der Waals surface area contributed by atoms with Gasteiger partial charge in [-0.2, -0.15) is 0 Å². The number of halogens is 2. The Morgan fingerprint density at radius 2 is 2.09 bits per heavy atom. The molecule has 126 valence electrons. The molecule has 1 unspecified atom stereocenters. The van der Waals surface area contributed by atoms with E-state index in [-0.39, 0.29) is 18.7 Å². The number of ketones is 1. The van der Waals surface area contributed by atoms with Gasteiger partial charge < -0.3 is 9.47 Å². The van der Waals surface area contributed by atoms with Crippen molar-refractivity contribution < 1.29 is 23.5 Å². The third kappa shape index (κ3) is 4.51. The molecule has 0 N–H and O–H groups in total. The summed E-state index contributed by atoms with van der Waals surface area (Å²) in [5.41, 5.74) is -0.757. The number of carbonyl (C=O) groups is 2. The molecule has 0 aliphatic carbocycles. The van der Waals surface area contributed by atoms with Gasteiger partial charge in [-0.1, -0.05) is 15.9 Å². The first kappa shape index (κ1) is 17.9. The molecule has 2 rings (SSSR count). The van der Waals surface area contributed by atoms with Crippen LogP contribution >= 0.6 is 15.9 Å². The average molecular weight is 388 g/mol. The van der Waals surface area contributed by atoms with Crippen LogP contribution in [0.2, 0.25) is 0 Å². The maximum absolute atomic E-state index is 14.0. The number of nitrogens with zero attached hydrogens (tertiary/aromatic N) is 1. The smallest absolute Gasteiger partial charge is 0.411 e. The molecule has 1 atom stereocenters. The lowest BCUT2D eigenvalue weighted by Gasteiger charge is -2.35. The van der Waals surface area contributed by atoms with E-state index < -0.39 is 29.3 Å². The van der Waals surface area contributed by atoms with Gasteiger partial charge in [-0.15, -0.1) is 0 Å². The largest absolute Gasteiger partial charge is 0.444 e. The molecule has 0 aromatic heterocycles. The highest BCUT2D eigenvalue weighted by molar-refractivity contribution is 9.10.